The van der Waals surface area contributed by atoms with Crippen molar-refractivity contribution in [2.75, 3.05) is 20.1 Å². The number of hydrogen-bond acceptors (Lipinski definition) is 3. The average Bonchev–Trinajstić information content (AvgIpc) is 2.78. The summed E-state index contributed by atoms with van der Waals surface area (Å²) in [4.78, 5) is 6.50. The van der Waals surface area contributed by atoms with E-state index in [1.54, 1.807) is 0 Å². The maximum atomic E-state index is 4.06. The van der Waals surface area contributed by atoms with E-state index in [1.807, 2.05) is 12.4 Å². The monoisotopic (exact) mass is 247 g/mol. The van der Waals surface area contributed by atoms with Gasteiger partial charge >= 0.3 is 0 Å². The standard InChI is InChI=1S/C15H25N3/c1-3-17-15-6-4-5-14(15)12-18(2)11-13-7-9-16-10-8-13/h7-10,14-15,17H,3-6,11-12H2,1-2H3. The normalized spacial score (nSPS) is 23.7. The Hall–Kier alpha value is -0.930. The van der Waals surface area contributed by atoms with Crippen LogP contribution >= 0.6 is 0 Å². The van der Waals surface area contributed by atoms with Gasteiger partial charge in [0, 0.05) is 31.5 Å². The highest BCUT2D eigenvalue weighted by Gasteiger charge is 2.27. The van der Waals surface area contributed by atoms with Gasteiger partial charge in [-0.15, -0.1) is 0 Å². The highest BCUT2D eigenvalue weighted by atomic mass is 15.1. The molecule has 1 heterocycles. The third-order valence-electron chi connectivity index (χ3n) is 3.87. The fourth-order valence-corrected chi connectivity index (χ4v) is 3.05. The molecule has 18 heavy (non-hydrogen) atoms. The molecule has 0 spiro atoms. The Morgan fingerprint density at radius 3 is 2.83 bits per heavy atom. The molecule has 3 nitrogen and oxygen atoms in total. The van der Waals surface area contributed by atoms with Gasteiger partial charge in [-0.25, -0.2) is 0 Å². The molecular weight excluding hydrogens is 222 g/mol. The van der Waals surface area contributed by atoms with Crippen molar-refractivity contribution >= 4 is 0 Å². The highest BCUT2D eigenvalue weighted by Crippen LogP contribution is 2.26. The van der Waals surface area contributed by atoms with Gasteiger partial charge in [0.25, 0.3) is 0 Å². The lowest BCUT2D eigenvalue weighted by atomic mass is 10.0. The SMILES string of the molecule is CCNC1CCCC1CN(C)Cc1ccncc1. The molecule has 3 heteroatoms. The lowest BCUT2D eigenvalue weighted by Crippen LogP contribution is -2.38. The number of aromatic nitrogens is 1. The summed E-state index contributed by atoms with van der Waals surface area (Å²) in [6, 6.07) is 4.94. The van der Waals surface area contributed by atoms with Crippen molar-refractivity contribution in [3.05, 3.63) is 30.1 Å². The fraction of sp³-hybridized carbons (Fsp3) is 0.667. The van der Waals surface area contributed by atoms with Crippen molar-refractivity contribution in [3.63, 3.8) is 0 Å². The van der Waals surface area contributed by atoms with E-state index in [9.17, 15) is 0 Å². The zero-order chi connectivity index (χ0) is 12.8. The summed E-state index contributed by atoms with van der Waals surface area (Å²) in [5, 5.41) is 3.63. The first-order valence-electron chi connectivity index (χ1n) is 7.10. The molecule has 1 fully saturated rings. The predicted molar refractivity (Wildman–Crippen MR) is 75.4 cm³/mol. The Morgan fingerprint density at radius 2 is 2.11 bits per heavy atom. The number of nitrogens with one attached hydrogen (secondary N) is 1. The Balaban J connectivity index is 1.81. The molecule has 2 atom stereocenters. The van der Waals surface area contributed by atoms with Gasteiger partial charge in [0.15, 0.2) is 0 Å². The van der Waals surface area contributed by atoms with E-state index in [1.165, 1.54) is 31.4 Å². The van der Waals surface area contributed by atoms with Crippen LogP contribution in [0.4, 0.5) is 0 Å². The highest BCUT2D eigenvalue weighted by molar-refractivity contribution is 5.09. The van der Waals surface area contributed by atoms with Crippen LogP contribution in [0.2, 0.25) is 0 Å². The van der Waals surface area contributed by atoms with Gasteiger partial charge in [0.1, 0.15) is 0 Å². The van der Waals surface area contributed by atoms with Crippen LogP contribution in [0.15, 0.2) is 24.5 Å². The molecule has 0 radical (unpaired) electrons. The molecule has 1 aromatic rings. The number of nitrogens with zero attached hydrogens (tertiary/aromatic N) is 2. The summed E-state index contributed by atoms with van der Waals surface area (Å²) in [5.74, 6) is 0.816. The maximum Gasteiger partial charge on any atom is 0.0271 e. The Morgan fingerprint density at radius 1 is 1.33 bits per heavy atom. The van der Waals surface area contributed by atoms with E-state index in [-0.39, 0.29) is 0 Å². The summed E-state index contributed by atoms with van der Waals surface area (Å²) in [5.41, 5.74) is 1.35. The van der Waals surface area contributed by atoms with Crippen molar-refractivity contribution in [1.29, 1.82) is 0 Å². The van der Waals surface area contributed by atoms with Crippen LogP contribution < -0.4 is 5.32 Å². The summed E-state index contributed by atoms with van der Waals surface area (Å²) in [7, 11) is 2.22. The molecule has 100 valence electrons. The number of hydrogen-bond donors (Lipinski definition) is 1. The molecule has 1 aromatic heterocycles. The lowest BCUT2D eigenvalue weighted by Gasteiger charge is -2.26. The number of pyridine rings is 1. The molecule has 1 aliphatic rings. The summed E-state index contributed by atoms with van der Waals surface area (Å²) in [6.07, 6.45) is 7.85. The van der Waals surface area contributed by atoms with Crippen LogP contribution in [0.1, 0.15) is 31.7 Å². The molecule has 0 bridgehead atoms. The number of rotatable bonds is 6. The van der Waals surface area contributed by atoms with Crippen LogP contribution in [-0.2, 0) is 6.54 Å². The van der Waals surface area contributed by atoms with Crippen LogP contribution in [0.3, 0.4) is 0 Å². The fourth-order valence-electron chi connectivity index (χ4n) is 3.05. The first-order valence-corrected chi connectivity index (χ1v) is 7.10. The topological polar surface area (TPSA) is 28.2 Å². The second-order valence-electron chi connectivity index (χ2n) is 5.41. The average molecular weight is 247 g/mol. The Bertz CT molecular complexity index is 339. The molecular formula is C15H25N3. The van der Waals surface area contributed by atoms with Crippen molar-refractivity contribution in [3.8, 4) is 0 Å². The minimum absolute atomic E-state index is 0.731. The summed E-state index contributed by atoms with van der Waals surface area (Å²) < 4.78 is 0. The third kappa shape index (κ3) is 3.79. The van der Waals surface area contributed by atoms with E-state index < -0.39 is 0 Å². The second kappa shape index (κ2) is 6.86. The molecule has 1 aliphatic carbocycles. The minimum atomic E-state index is 0.731. The zero-order valence-corrected chi connectivity index (χ0v) is 11.6. The molecule has 2 unspecified atom stereocenters. The first-order chi connectivity index (χ1) is 8.79. The van der Waals surface area contributed by atoms with Gasteiger partial charge in [0.05, 0.1) is 0 Å². The Labute approximate surface area is 111 Å². The molecule has 2 rings (SSSR count). The van der Waals surface area contributed by atoms with Gasteiger partial charge in [-0.3, -0.25) is 4.98 Å². The van der Waals surface area contributed by atoms with E-state index in [4.69, 9.17) is 0 Å². The third-order valence-corrected chi connectivity index (χ3v) is 3.87. The Kier molecular flexibility index (Phi) is 5.14. The largest absolute Gasteiger partial charge is 0.314 e. The zero-order valence-electron chi connectivity index (χ0n) is 11.6. The van der Waals surface area contributed by atoms with Crippen LogP contribution in [0.5, 0.6) is 0 Å². The van der Waals surface area contributed by atoms with Crippen molar-refractivity contribution in [2.24, 2.45) is 5.92 Å². The molecule has 0 amide bonds. The first kappa shape index (κ1) is 13.5. The van der Waals surface area contributed by atoms with E-state index in [2.05, 4.69) is 41.3 Å². The molecule has 0 aromatic carbocycles. The van der Waals surface area contributed by atoms with Crippen LogP contribution in [0.25, 0.3) is 0 Å². The summed E-state index contributed by atoms with van der Waals surface area (Å²) >= 11 is 0. The van der Waals surface area contributed by atoms with E-state index in [0.29, 0.717) is 0 Å². The maximum absolute atomic E-state index is 4.06. The molecule has 1 saturated carbocycles. The second-order valence-corrected chi connectivity index (χ2v) is 5.41. The van der Waals surface area contributed by atoms with Gasteiger partial charge in [-0.05, 0) is 50.0 Å². The molecule has 0 aliphatic heterocycles. The van der Waals surface area contributed by atoms with Crippen LogP contribution in [-0.4, -0.2) is 36.1 Å². The van der Waals surface area contributed by atoms with Crippen molar-refractivity contribution in [1.82, 2.24) is 15.2 Å². The predicted octanol–water partition coefficient (Wildman–Crippen LogP) is 2.29. The quantitative estimate of drug-likeness (QED) is 0.836. The molecule has 0 saturated heterocycles. The van der Waals surface area contributed by atoms with E-state index >= 15 is 0 Å². The van der Waals surface area contributed by atoms with E-state index in [0.717, 1.165) is 25.0 Å². The van der Waals surface area contributed by atoms with Crippen molar-refractivity contribution < 1.29 is 0 Å². The van der Waals surface area contributed by atoms with Gasteiger partial charge in [0.2, 0.25) is 0 Å². The summed E-state index contributed by atoms with van der Waals surface area (Å²) in [6.45, 7) is 5.52. The molecule has 1 N–H and O–H groups in total. The van der Waals surface area contributed by atoms with Gasteiger partial charge in [-0.1, -0.05) is 13.3 Å². The lowest BCUT2D eigenvalue weighted by molar-refractivity contribution is 0.246. The van der Waals surface area contributed by atoms with Gasteiger partial charge in [-0.2, -0.15) is 0 Å². The van der Waals surface area contributed by atoms with Crippen LogP contribution in [0, 0.1) is 5.92 Å². The van der Waals surface area contributed by atoms with Gasteiger partial charge < -0.3 is 10.2 Å². The van der Waals surface area contributed by atoms with Crippen molar-refractivity contribution in [2.45, 2.75) is 38.8 Å². The minimum Gasteiger partial charge on any atom is -0.314 e. The smallest absolute Gasteiger partial charge is 0.0271 e.